The number of rotatable bonds is 9. The van der Waals surface area contributed by atoms with E-state index in [1.54, 1.807) is 0 Å². The predicted octanol–water partition coefficient (Wildman–Crippen LogP) is -0.281. The van der Waals surface area contributed by atoms with Crippen LogP contribution in [-0.2, 0) is 4.79 Å². The lowest BCUT2D eigenvalue weighted by atomic mass is 9.99. The van der Waals surface area contributed by atoms with Gasteiger partial charge in [-0.1, -0.05) is 20.7 Å². The molecule has 0 aromatic carbocycles. The van der Waals surface area contributed by atoms with E-state index in [0.717, 1.165) is 0 Å². The highest BCUT2D eigenvalue weighted by Gasteiger charge is 2.37. The molecule has 0 aliphatic carbocycles. The van der Waals surface area contributed by atoms with Gasteiger partial charge in [-0.15, -0.1) is 4.91 Å². The van der Waals surface area contributed by atoms with Crippen LogP contribution in [0.2, 0.25) is 0 Å². The summed E-state index contributed by atoms with van der Waals surface area (Å²) in [6, 6.07) is -5.13. The molecule has 0 heterocycles. The molecular formula is C6H8N4O6. The molecule has 0 aromatic heterocycles. The van der Waals surface area contributed by atoms with Crippen molar-refractivity contribution in [2.45, 2.75) is 18.1 Å². The van der Waals surface area contributed by atoms with E-state index in [-0.39, 0.29) is 0 Å². The van der Waals surface area contributed by atoms with E-state index in [0.29, 0.717) is 0 Å². The van der Waals surface area contributed by atoms with Gasteiger partial charge in [0.2, 0.25) is 0 Å². The molecule has 0 amide bonds. The molecule has 0 radical (unpaired) electrons. The lowest BCUT2D eigenvalue weighted by Crippen LogP contribution is -2.41. The fourth-order valence-corrected chi connectivity index (χ4v) is 1.01. The first-order valence-corrected chi connectivity index (χ1v) is 4.06. The molecule has 10 nitrogen and oxygen atoms in total. The predicted molar refractivity (Wildman–Crippen MR) is 51.5 cm³/mol. The first kappa shape index (κ1) is 14.0. The number of hydrogen-bond acceptors (Lipinski definition) is 10. The summed E-state index contributed by atoms with van der Waals surface area (Å²) < 4.78 is 0. The standard InChI is InChI=1S/C6H8N4O6/c11-2-3(8-14)5(9-15)6(10-16)4(12)1-7-13/h3,5-6,11H,1-2H2. The van der Waals surface area contributed by atoms with Crippen molar-refractivity contribution in [3.05, 3.63) is 19.6 Å². The monoisotopic (exact) mass is 232 g/mol. The fourth-order valence-electron chi connectivity index (χ4n) is 1.01. The minimum atomic E-state index is -1.84. The Morgan fingerprint density at radius 1 is 1.06 bits per heavy atom. The normalized spacial score (nSPS) is 15.6. The molecule has 0 bridgehead atoms. The minimum Gasteiger partial charge on any atom is -0.394 e. The van der Waals surface area contributed by atoms with Crippen LogP contribution in [0.1, 0.15) is 0 Å². The number of hydrogen-bond donors (Lipinski definition) is 1. The van der Waals surface area contributed by atoms with E-state index < -0.39 is 37.1 Å². The van der Waals surface area contributed by atoms with Crippen LogP contribution in [0.5, 0.6) is 0 Å². The Bertz CT molecular complexity index is 295. The largest absolute Gasteiger partial charge is 0.394 e. The van der Waals surface area contributed by atoms with Crippen molar-refractivity contribution in [3.8, 4) is 0 Å². The topological polar surface area (TPSA) is 155 Å². The summed E-state index contributed by atoms with van der Waals surface area (Å²) in [5, 5.41) is 17.8. The van der Waals surface area contributed by atoms with E-state index in [4.69, 9.17) is 5.11 Å². The molecule has 3 unspecified atom stereocenters. The maximum Gasteiger partial charge on any atom is 0.188 e. The second-order valence-electron chi connectivity index (χ2n) is 2.76. The number of Topliss-reactive ketones (excluding diaryl/α,β-unsaturated/α-hetero) is 1. The van der Waals surface area contributed by atoms with E-state index in [1.165, 1.54) is 0 Å². The number of nitrogens with zero attached hydrogens (tertiary/aromatic N) is 4. The molecule has 0 saturated carbocycles. The van der Waals surface area contributed by atoms with Gasteiger partial charge < -0.3 is 5.11 Å². The van der Waals surface area contributed by atoms with Crippen molar-refractivity contribution in [2.24, 2.45) is 20.7 Å². The number of nitroso groups, excluding NO2 is 4. The van der Waals surface area contributed by atoms with Gasteiger partial charge in [0.1, 0.15) is 12.6 Å². The smallest absolute Gasteiger partial charge is 0.188 e. The maximum absolute atomic E-state index is 11.1. The fraction of sp³-hybridized carbons (Fsp3) is 0.833. The SMILES string of the molecule is O=NCC(=O)C(N=O)C(N=O)C(CO)N=O. The molecule has 0 fully saturated rings. The Hall–Kier alpha value is -1.97. The maximum atomic E-state index is 11.1. The molecule has 0 saturated heterocycles. The van der Waals surface area contributed by atoms with E-state index in [9.17, 15) is 24.4 Å². The highest BCUT2D eigenvalue weighted by molar-refractivity contribution is 5.87. The summed E-state index contributed by atoms with van der Waals surface area (Å²) in [6.45, 7) is -1.74. The zero-order chi connectivity index (χ0) is 12.6. The quantitative estimate of drug-likeness (QED) is 0.538. The average molecular weight is 232 g/mol. The summed E-state index contributed by atoms with van der Waals surface area (Å²) in [6.07, 6.45) is 0. The van der Waals surface area contributed by atoms with Crippen molar-refractivity contribution >= 4 is 5.78 Å². The van der Waals surface area contributed by atoms with Crippen LogP contribution < -0.4 is 0 Å². The Kier molecular flexibility index (Phi) is 6.43. The van der Waals surface area contributed by atoms with Crippen LogP contribution in [0.3, 0.4) is 0 Å². The molecule has 88 valence electrons. The van der Waals surface area contributed by atoms with Gasteiger partial charge >= 0.3 is 0 Å². The zero-order valence-electron chi connectivity index (χ0n) is 7.92. The van der Waals surface area contributed by atoms with Crippen molar-refractivity contribution in [2.75, 3.05) is 13.2 Å². The molecule has 0 spiro atoms. The Morgan fingerprint density at radius 2 is 1.69 bits per heavy atom. The zero-order valence-corrected chi connectivity index (χ0v) is 7.92. The van der Waals surface area contributed by atoms with Crippen LogP contribution in [0, 0.1) is 19.6 Å². The van der Waals surface area contributed by atoms with Crippen molar-refractivity contribution in [1.29, 1.82) is 0 Å². The third-order valence-electron chi connectivity index (χ3n) is 1.83. The Balaban J connectivity index is 4.93. The van der Waals surface area contributed by atoms with Crippen molar-refractivity contribution in [1.82, 2.24) is 0 Å². The van der Waals surface area contributed by atoms with Gasteiger partial charge in [0.25, 0.3) is 0 Å². The highest BCUT2D eigenvalue weighted by Crippen LogP contribution is 2.13. The number of aliphatic hydroxyl groups is 1. The molecule has 0 aliphatic heterocycles. The summed E-state index contributed by atoms with van der Waals surface area (Å²) in [7, 11) is 0. The van der Waals surface area contributed by atoms with E-state index >= 15 is 0 Å². The summed E-state index contributed by atoms with van der Waals surface area (Å²) in [4.78, 5) is 51.8. The molecule has 3 atom stereocenters. The number of ketones is 1. The first-order chi connectivity index (χ1) is 7.65. The number of carbonyl (C=O) groups excluding carboxylic acids is 1. The molecule has 0 rings (SSSR count). The lowest BCUT2D eigenvalue weighted by molar-refractivity contribution is -0.119. The second kappa shape index (κ2) is 7.34. The highest BCUT2D eigenvalue weighted by atomic mass is 16.3. The third kappa shape index (κ3) is 3.31. The van der Waals surface area contributed by atoms with Gasteiger partial charge in [0.05, 0.1) is 6.61 Å². The van der Waals surface area contributed by atoms with Crippen LogP contribution >= 0.6 is 0 Å². The lowest BCUT2D eigenvalue weighted by Gasteiger charge is -2.15. The van der Waals surface area contributed by atoms with Crippen LogP contribution in [-0.4, -0.2) is 42.2 Å². The van der Waals surface area contributed by atoms with Gasteiger partial charge in [-0.3, -0.25) is 4.79 Å². The Morgan fingerprint density at radius 3 is 2.00 bits per heavy atom. The van der Waals surface area contributed by atoms with Gasteiger partial charge in [0.15, 0.2) is 17.9 Å². The van der Waals surface area contributed by atoms with E-state index in [1.807, 2.05) is 0 Å². The van der Waals surface area contributed by atoms with Gasteiger partial charge in [0, 0.05) is 0 Å². The molecular weight excluding hydrogens is 224 g/mol. The van der Waals surface area contributed by atoms with Gasteiger partial charge in [-0.05, 0) is 0 Å². The van der Waals surface area contributed by atoms with Gasteiger partial charge in [-0.2, -0.15) is 14.7 Å². The molecule has 1 N–H and O–H groups in total. The minimum absolute atomic E-state index is 0.867. The molecule has 0 aliphatic rings. The summed E-state index contributed by atoms with van der Waals surface area (Å²) in [5.41, 5.74) is 0. The van der Waals surface area contributed by atoms with Crippen LogP contribution in [0.15, 0.2) is 20.7 Å². The summed E-state index contributed by atoms with van der Waals surface area (Å²) in [5.74, 6) is -1.06. The van der Waals surface area contributed by atoms with Crippen LogP contribution in [0.4, 0.5) is 0 Å². The molecule has 16 heavy (non-hydrogen) atoms. The first-order valence-electron chi connectivity index (χ1n) is 4.06. The average Bonchev–Trinajstić information content (AvgIpc) is 2.29. The number of aliphatic hydroxyl groups excluding tert-OH is 1. The van der Waals surface area contributed by atoms with Crippen molar-refractivity contribution in [3.63, 3.8) is 0 Å². The van der Waals surface area contributed by atoms with Crippen LogP contribution in [0.25, 0.3) is 0 Å². The van der Waals surface area contributed by atoms with Crippen molar-refractivity contribution < 1.29 is 9.90 Å². The van der Waals surface area contributed by atoms with Gasteiger partial charge in [-0.25, -0.2) is 0 Å². The molecule has 10 heteroatoms. The molecule has 0 aromatic rings. The van der Waals surface area contributed by atoms with E-state index in [2.05, 4.69) is 20.7 Å². The third-order valence-corrected chi connectivity index (χ3v) is 1.83. The Labute approximate surface area is 88.3 Å². The second-order valence-corrected chi connectivity index (χ2v) is 2.76. The number of carbonyl (C=O) groups is 1. The summed E-state index contributed by atoms with van der Waals surface area (Å²) >= 11 is 0.